The standard InChI is InChI=1S/C30H33F3N6.C2H6/c1-3-38-12-14-39(15-13-38)20-24-6-9-27(17-28(24)30(31,32)33)37-21(2)18-35-26-7-4-22(5-8-26)25-16-23-10-11-34-29(23)36-19-25;1-2/h4-11,16-17,19,35,37H,2-3,12-15,18,20H2,1H3,(H,34,36);1-2H3. The molecule has 1 saturated heterocycles. The van der Waals surface area contributed by atoms with E-state index < -0.39 is 11.7 Å². The maximum Gasteiger partial charge on any atom is 0.416 e. The first-order valence-corrected chi connectivity index (χ1v) is 14.2. The van der Waals surface area contributed by atoms with Gasteiger partial charge in [0.2, 0.25) is 0 Å². The molecule has 0 atom stereocenters. The van der Waals surface area contributed by atoms with Crippen molar-refractivity contribution in [3.8, 4) is 11.1 Å². The molecule has 2 aromatic heterocycles. The predicted molar refractivity (Wildman–Crippen MR) is 163 cm³/mol. The maximum atomic E-state index is 13.9. The number of aromatic nitrogens is 2. The Labute approximate surface area is 240 Å². The van der Waals surface area contributed by atoms with Gasteiger partial charge in [0, 0.05) is 73.1 Å². The summed E-state index contributed by atoms with van der Waals surface area (Å²) < 4.78 is 41.8. The number of fused-ring (bicyclic) bond motifs is 1. The molecule has 4 aromatic rings. The number of aromatic amines is 1. The monoisotopic (exact) mass is 564 g/mol. The lowest BCUT2D eigenvalue weighted by Gasteiger charge is -2.34. The minimum Gasteiger partial charge on any atom is -0.379 e. The Morgan fingerprint density at radius 3 is 2.29 bits per heavy atom. The first kappa shape index (κ1) is 30.1. The first-order chi connectivity index (χ1) is 19.8. The number of likely N-dealkylation sites (N-methyl/N-ethyl adjacent to an activating group) is 1. The van der Waals surface area contributed by atoms with Crippen molar-refractivity contribution in [2.24, 2.45) is 0 Å². The number of pyridine rings is 1. The Balaban J connectivity index is 0.00000189. The average molecular weight is 565 g/mol. The minimum atomic E-state index is -4.43. The van der Waals surface area contributed by atoms with Gasteiger partial charge in [-0.25, -0.2) is 4.98 Å². The van der Waals surface area contributed by atoms with Crippen molar-refractivity contribution in [3.05, 3.63) is 90.4 Å². The van der Waals surface area contributed by atoms with Crippen molar-refractivity contribution in [2.45, 2.75) is 33.5 Å². The molecule has 3 N–H and O–H groups in total. The van der Waals surface area contributed by atoms with Gasteiger partial charge in [-0.15, -0.1) is 0 Å². The van der Waals surface area contributed by atoms with Gasteiger partial charge in [-0.3, -0.25) is 4.90 Å². The van der Waals surface area contributed by atoms with E-state index in [9.17, 15) is 13.2 Å². The van der Waals surface area contributed by atoms with Crippen molar-refractivity contribution in [1.29, 1.82) is 0 Å². The molecule has 41 heavy (non-hydrogen) atoms. The lowest BCUT2D eigenvalue weighted by Crippen LogP contribution is -2.45. The zero-order valence-corrected chi connectivity index (χ0v) is 24.0. The van der Waals surface area contributed by atoms with Crippen molar-refractivity contribution < 1.29 is 13.2 Å². The second-order valence-corrected chi connectivity index (χ2v) is 9.88. The Morgan fingerprint density at radius 2 is 1.61 bits per heavy atom. The van der Waals surface area contributed by atoms with Gasteiger partial charge in [0.15, 0.2) is 0 Å². The molecule has 2 aromatic carbocycles. The van der Waals surface area contributed by atoms with E-state index in [0.29, 0.717) is 30.0 Å². The van der Waals surface area contributed by atoms with Crippen LogP contribution in [0, 0.1) is 0 Å². The van der Waals surface area contributed by atoms with E-state index in [2.05, 4.69) is 50.0 Å². The van der Waals surface area contributed by atoms with Crippen LogP contribution in [0.25, 0.3) is 22.2 Å². The number of hydrogen-bond donors (Lipinski definition) is 3. The zero-order chi connectivity index (χ0) is 29.4. The molecule has 6 nitrogen and oxygen atoms in total. The molecule has 0 spiro atoms. The van der Waals surface area contributed by atoms with Crippen LogP contribution in [0.2, 0.25) is 0 Å². The molecular weight excluding hydrogens is 525 g/mol. The van der Waals surface area contributed by atoms with Gasteiger partial charge in [0.1, 0.15) is 5.65 Å². The molecule has 218 valence electrons. The maximum absolute atomic E-state index is 13.9. The molecule has 0 bridgehead atoms. The van der Waals surface area contributed by atoms with Crippen LogP contribution in [0.3, 0.4) is 0 Å². The van der Waals surface area contributed by atoms with Gasteiger partial charge < -0.3 is 20.5 Å². The number of benzene rings is 2. The molecule has 0 unspecified atom stereocenters. The summed E-state index contributed by atoms with van der Waals surface area (Å²) >= 11 is 0. The second-order valence-electron chi connectivity index (χ2n) is 9.88. The predicted octanol–water partition coefficient (Wildman–Crippen LogP) is 7.45. The molecule has 1 aliphatic heterocycles. The van der Waals surface area contributed by atoms with Crippen LogP contribution in [0.15, 0.2) is 79.3 Å². The van der Waals surface area contributed by atoms with Gasteiger partial charge in [0.05, 0.1) is 12.1 Å². The molecule has 9 heteroatoms. The van der Waals surface area contributed by atoms with Crippen LogP contribution in [0.5, 0.6) is 0 Å². The van der Waals surface area contributed by atoms with Gasteiger partial charge in [-0.2, -0.15) is 13.2 Å². The van der Waals surface area contributed by atoms with Crippen molar-refractivity contribution in [3.63, 3.8) is 0 Å². The zero-order valence-electron chi connectivity index (χ0n) is 24.0. The molecule has 3 heterocycles. The van der Waals surface area contributed by atoms with E-state index in [0.717, 1.165) is 60.6 Å². The normalized spacial score (nSPS) is 14.4. The summed E-state index contributed by atoms with van der Waals surface area (Å²) in [6.45, 7) is 15.0. The third kappa shape index (κ3) is 7.89. The quantitative estimate of drug-likeness (QED) is 0.197. The van der Waals surface area contributed by atoms with E-state index in [-0.39, 0.29) is 0 Å². The highest BCUT2D eigenvalue weighted by Crippen LogP contribution is 2.35. The Bertz CT molecular complexity index is 1420. The fraction of sp³-hybridized carbons (Fsp3) is 0.344. The number of nitrogens with zero attached hydrogens (tertiary/aromatic N) is 3. The van der Waals surface area contributed by atoms with Crippen LogP contribution in [-0.2, 0) is 12.7 Å². The van der Waals surface area contributed by atoms with Crippen LogP contribution >= 0.6 is 0 Å². The van der Waals surface area contributed by atoms with Gasteiger partial charge >= 0.3 is 6.18 Å². The smallest absolute Gasteiger partial charge is 0.379 e. The van der Waals surface area contributed by atoms with Crippen LogP contribution < -0.4 is 10.6 Å². The van der Waals surface area contributed by atoms with Gasteiger partial charge in [0.25, 0.3) is 0 Å². The van der Waals surface area contributed by atoms with Crippen molar-refractivity contribution in [2.75, 3.05) is 49.9 Å². The number of halogens is 3. The highest BCUT2D eigenvalue weighted by atomic mass is 19.4. The van der Waals surface area contributed by atoms with E-state index in [1.165, 1.54) is 6.07 Å². The average Bonchev–Trinajstić information content (AvgIpc) is 3.46. The third-order valence-electron chi connectivity index (χ3n) is 7.17. The molecule has 5 rings (SSSR count). The number of piperazine rings is 1. The Morgan fingerprint density at radius 1 is 0.927 bits per heavy atom. The topological polar surface area (TPSA) is 59.2 Å². The summed E-state index contributed by atoms with van der Waals surface area (Å²) in [6.07, 6.45) is -0.732. The fourth-order valence-corrected chi connectivity index (χ4v) is 4.90. The number of rotatable bonds is 9. The SMILES string of the molecule is C=C(CNc1ccc(-c2cnc3[nH]ccc3c2)cc1)Nc1ccc(CN2CCN(CC)CC2)c(C(F)(F)F)c1.CC. The third-order valence-corrected chi connectivity index (χ3v) is 7.17. The lowest BCUT2D eigenvalue weighted by atomic mass is 10.0. The van der Waals surface area contributed by atoms with Crippen molar-refractivity contribution >= 4 is 22.4 Å². The van der Waals surface area contributed by atoms with Crippen molar-refractivity contribution in [1.82, 2.24) is 19.8 Å². The second kappa shape index (κ2) is 13.7. The molecule has 0 saturated carbocycles. The van der Waals surface area contributed by atoms with Crippen LogP contribution in [0.1, 0.15) is 31.9 Å². The molecule has 1 fully saturated rings. The number of nitrogens with one attached hydrogen (secondary N) is 3. The highest BCUT2D eigenvalue weighted by molar-refractivity contribution is 5.81. The highest BCUT2D eigenvalue weighted by Gasteiger charge is 2.34. The van der Waals surface area contributed by atoms with E-state index in [4.69, 9.17) is 0 Å². The van der Waals surface area contributed by atoms with E-state index >= 15 is 0 Å². The number of alkyl halides is 3. The summed E-state index contributed by atoms with van der Waals surface area (Å²) in [5.74, 6) is 0. The summed E-state index contributed by atoms with van der Waals surface area (Å²) in [7, 11) is 0. The Kier molecular flexibility index (Phi) is 10.1. The lowest BCUT2D eigenvalue weighted by molar-refractivity contribution is -0.138. The van der Waals surface area contributed by atoms with Gasteiger partial charge in [-0.05, 0) is 54.1 Å². The fourth-order valence-electron chi connectivity index (χ4n) is 4.90. The Hall–Kier alpha value is -3.82. The van der Waals surface area contributed by atoms with E-state index in [1.54, 1.807) is 12.1 Å². The molecular formula is C32H39F3N6. The number of H-pyrrole nitrogens is 1. The molecule has 0 radical (unpaired) electrons. The number of hydrogen-bond acceptors (Lipinski definition) is 5. The number of anilines is 2. The summed E-state index contributed by atoms with van der Waals surface area (Å²) in [4.78, 5) is 11.9. The minimum absolute atomic E-state index is 0.292. The first-order valence-electron chi connectivity index (χ1n) is 14.2. The van der Waals surface area contributed by atoms with E-state index in [1.807, 2.05) is 56.6 Å². The van der Waals surface area contributed by atoms with Gasteiger partial charge in [-0.1, -0.05) is 45.5 Å². The summed E-state index contributed by atoms with van der Waals surface area (Å²) in [5, 5.41) is 7.35. The van der Waals surface area contributed by atoms with Crippen LogP contribution in [0.4, 0.5) is 24.5 Å². The van der Waals surface area contributed by atoms with Crippen LogP contribution in [-0.4, -0.2) is 59.0 Å². The summed E-state index contributed by atoms with van der Waals surface area (Å²) in [6, 6.07) is 16.5. The molecule has 0 aliphatic carbocycles. The molecule has 1 aliphatic rings. The molecule has 0 amide bonds. The summed E-state index contributed by atoms with van der Waals surface area (Å²) in [5.41, 5.74) is 4.43. The largest absolute Gasteiger partial charge is 0.416 e.